The molecule has 0 heterocycles. The molecule has 0 bridgehead atoms. The number of rotatable bonds is 6. The van der Waals surface area contributed by atoms with E-state index in [0.29, 0.717) is 5.54 Å². The van der Waals surface area contributed by atoms with Crippen LogP contribution in [0.15, 0.2) is 0 Å². The van der Waals surface area contributed by atoms with Crippen molar-refractivity contribution >= 4 is 0 Å². The van der Waals surface area contributed by atoms with Crippen molar-refractivity contribution in [2.45, 2.75) is 51.0 Å². The number of hydrogen-bond donors (Lipinski definition) is 1. The molecule has 0 amide bonds. The molecule has 0 aromatic rings. The van der Waals surface area contributed by atoms with Crippen LogP contribution in [0.4, 0.5) is 0 Å². The van der Waals surface area contributed by atoms with Gasteiger partial charge in [-0.25, -0.2) is 0 Å². The van der Waals surface area contributed by atoms with Crippen LogP contribution >= 0.6 is 0 Å². The van der Waals surface area contributed by atoms with Gasteiger partial charge in [0.1, 0.15) is 0 Å². The van der Waals surface area contributed by atoms with Crippen LogP contribution in [0.5, 0.6) is 0 Å². The Balaban J connectivity index is 2.29. The van der Waals surface area contributed by atoms with Gasteiger partial charge >= 0.3 is 0 Å². The second-order valence-electron chi connectivity index (χ2n) is 4.86. The Morgan fingerprint density at radius 1 is 1.21 bits per heavy atom. The quantitative estimate of drug-likeness (QED) is 0.659. The zero-order valence-electron chi connectivity index (χ0n) is 10.1. The van der Waals surface area contributed by atoms with Gasteiger partial charge in [-0.1, -0.05) is 26.2 Å². The normalized spacial score (nSPS) is 20.6. The highest BCUT2D eigenvalue weighted by atomic mass is 15.2. The van der Waals surface area contributed by atoms with E-state index in [0.717, 1.165) is 0 Å². The van der Waals surface area contributed by atoms with Gasteiger partial charge in [0.2, 0.25) is 0 Å². The first-order valence-corrected chi connectivity index (χ1v) is 6.09. The van der Waals surface area contributed by atoms with Crippen molar-refractivity contribution in [2.75, 3.05) is 27.2 Å². The maximum absolute atomic E-state index is 3.61. The first-order valence-electron chi connectivity index (χ1n) is 6.09. The Morgan fingerprint density at radius 3 is 2.36 bits per heavy atom. The molecule has 2 heteroatoms. The molecule has 0 atom stereocenters. The van der Waals surface area contributed by atoms with Gasteiger partial charge in [-0.3, -0.25) is 0 Å². The molecule has 1 N–H and O–H groups in total. The standard InChI is InChI=1S/C12H26N2/c1-4-5-10-13-11-12(14(2)3)8-6-7-9-12/h13H,4-11H2,1-3H3. The van der Waals surface area contributed by atoms with Gasteiger partial charge in [-0.15, -0.1) is 0 Å². The number of likely N-dealkylation sites (N-methyl/N-ethyl adjacent to an activating group) is 1. The Labute approximate surface area is 89.1 Å². The minimum atomic E-state index is 0.466. The van der Waals surface area contributed by atoms with E-state index in [-0.39, 0.29) is 0 Å². The molecular formula is C12H26N2. The summed E-state index contributed by atoms with van der Waals surface area (Å²) < 4.78 is 0. The molecule has 0 unspecified atom stereocenters. The molecule has 1 rings (SSSR count). The van der Waals surface area contributed by atoms with Gasteiger partial charge in [0.05, 0.1) is 0 Å². The summed E-state index contributed by atoms with van der Waals surface area (Å²) in [5.74, 6) is 0. The second-order valence-corrected chi connectivity index (χ2v) is 4.86. The lowest BCUT2D eigenvalue weighted by Gasteiger charge is -2.36. The minimum Gasteiger partial charge on any atom is -0.315 e. The second kappa shape index (κ2) is 5.72. The number of nitrogens with one attached hydrogen (secondary N) is 1. The van der Waals surface area contributed by atoms with Crippen LogP contribution in [0.25, 0.3) is 0 Å². The van der Waals surface area contributed by atoms with Crippen LogP contribution in [-0.4, -0.2) is 37.6 Å². The molecule has 0 spiro atoms. The zero-order valence-corrected chi connectivity index (χ0v) is 10.1. The number of hydrogen-bond acceptors (Lipinski definition) is 2. The van der Waals surface area contributed by atoms with Crippen LogP contribution in [0.3, 0.4) is 0 Å². The maximum atomic E-state index is 3.61. The van der Waals surface area contributed by atoms with Crippen molar-refractivity contribution in [1.29, 1.82) is 0 Å². The highest BCUT2D eigenvalue weighted by Gasteiger charge is 2.35. The first kappa shape index (κ1) is 12.0. The van der Waals surface area contributed by atoms with Gasteiger partial charge in [0.15, 0.2) is 0 Å². The van der Waals surface area contributed by atoms with Crippen LogP contribution in [0.1, 0.15) is 45.4 Å². The summed E-state index contributed by atoms with van der Waals surface area (Å²) in [4.78, 5) is 2.43. The molecule has 14 heavy (non-hydrogen) atoms. The summed E-state index contributed by atoms with van der Waals surface area (Å²) in [6.07, 6.45) is 8.17. The molecule has 0 aromatic heterocycles. The SMILES string of the molecule is CCCCNCC1(N(C)C)CCCC1. The molecule has 1 fully saturated rings. The van der Waals surface area contributed by atoms with Crippen molar-refractivity contribution in [1.82, 2.24) is 10.2 Å². The van der Waals surface area contributed by atoms with Crippen LogP contribution in [-0.2, 0) is 0 Å². The van der Waals surface area contributed by atoms with Crippen LogP contribution in [0.2, 0.25) is 0 Å². The van der Waals surface area contributed by atoms with E-state index in [1.165, 1.54) is 51.6 Å². The Bertz CT molecular complexity index is 148. The fourth-order valence-electron chi connectivity index (χ4n) is 2.44. The highest BCUT2D eigenvalue weighted by Crippen LogP contribution is 2.32. The maximum Gasteiger partial charge on any atom is 0.0327 e. The van der Waals surface area contributed by atoms with E-state index in [1.54, 1.807) is 0 Å². The summed E-state index contributed by atoms with van der Waals surface area (Å²) in [7, 11) is 4.46. The molecule has 0 aliphatic heterocycles. The van der Waals surface area contributed by atoms with E-state index in [2.05, 4.69) is 31.2 Å². The average molecular weight is 198 g/mol. The topological polar surface area (TPSA) is 15.3 Å². The summed E-state index contributed by atoms with van der Waals surface area (Å²) in [6, 6.07) is 0. The van der Waals surface area contributed by atoms with E-state index >= 15 is 0 Å². The number of unbranched alkanes of at least 4 members (excludes halogenated alkanes) is 1. The zero-order chi connectivity index (χ0) is 10.4. The van der Waals surface area contributed by atoms with E-state index < -0.39 is 0 Å². The van der Waals surface area contributed by atoms with E-state index in [1.807, 2.05) is 0 Å². The molecule has 1 aliphatic rings. The Morgan fingerprint density at radius 2 is 1.86 bits per heavy atom. The smallest absolute Gasteiger partial charge is 0.0327 e. The van der Waals surface area contributed by atoms with Crippen molar-refractivity contribution in [3.63, 3.8) is 0 Å². The van der Waals surface area contributed by atoms with Crippen LogP contribution < -0.4 is 5.32 Å². The molecule has 1 aliphatic carbocycles. The van der Waals surface area contributed by atoms with Crippen molar-refractivity contribution in [3.05, 3.63) is 0 Å². The summed E-state index contributed by atoms with van der Waals surface area (Å²) in [5.41, 5.74) is 0.466. The van der Waals surface area contributed by atoms with Crippen molar-refractivity contribution < 1.29 is 0 Å². The van der Waals surface area contributed by atoms with Gasteiger partial charge in [0.25, 0.3) is 0 Å². The highest BCUT2D eigenvalue weighted by molar-refractivity contribution is 4.94. The van der Waals surface area contributed by atoms with Gasteiger partial charge < -0.3 is 10.2 Å². The predicted octanol–water partition coefficient (Wildman–Crippen LogP) is 2.25. The van der Waals surface area contributed by atoms with Gasteiger partial charge in [0, 0.05) is 12.1 Å². The van der Waals surface area contributed by atoms with Crippen molar-refractivity contribution in [2.24, 2.45) is 0 Å². The molecule has 0 saturated heterocycles. The average Bonchev–Trinajstić information content (AvgIpc) is 2.62. The molecular weight excluding hydrogens is 172 g/mol. The monoisotopic (exact) mass is 198 g/mol. The lowest BCUT2D eigenvalue weighted by atomic mass is 9.96. The number of nitrogens with zero attached hydrogens (tertiary/aromatic N) is 1. The summed E-state index contributed by atoms with van der Waals surface area (Å²) >= 11 is 0. The largest absolute Gasteiger partial charge is 0.315 e. The third kappa shape index (κ3) is 2.96. The van der Waals surface area contributed by atoms with Gasteiger partial charge in [-0.2, -0.15) is 0 Å². The molecule has 0 aromatic carbocycles. The minimum absolute atomic E-state index is 0.466. The summed E-state index contributed by atoms with van der Waals surface area (Å²) in [5, 5.41) is 3.61. The molecule has 0 radical (unpaired) electrons. The lowest BCUT2D eigenvalue weighted by molar-refractivity contribution is 0.154. The Kier molecular flexibility index (Phi) is 4.90. The molecule has 84 valence electrons. The fraction of sp³-hybridized carbons (Fsp3) is 1.00. The lowest BCUT2D eigenvalue weighted by Crippen LogP contribution is -2.49. The van der Waals surface area contributed by atoms with Crippen molar-refractivity contribution in [3.8, 4) is 0 Å². The Hall–Kier alpha value is -0.0800. The fourth-order valence-corrected chi connectivity index (χ4v) is 2.44. The van der Waals surface area contributed by atoms with Gasteiger partial charge in [-0.05, 0) is 39.9 Å². The van der Waals surface area contributed by atoms with E-state index in [4.69, 9.17) is 0 Å². The third-order valence-corrected chi connectivity index (χ3v) is 3.64. The van der Waals surface area contributed by atoms with Crippen LogP contribution in [0, 0.1) is 0 Å². The molecule has 2 nitrogen and oxygen atoms in total. The molecule has 1 saturated carbocycles. The third-order valence-electron chi connectivity index (χ3n) is 3.64. The van der Waals surface area contributed by atoms with E-state index in [9.17, 15) is 0 Å². The summed E-state index contributed by atoms with van der Waals surface area (Å²) in [6.45, 7) is 4.62. The predicted molar refractivity (Wildman–Crippen MR) is 62.7 cm³/mol. The first-order chi connectivity index (χ1) is 6.71.